The number of fused-ring (bicyclic) bond motifs is 5. The summed E-state index contributed by atoms with van der Waals surface area (Å²) in [4.78, 5) is 26.1. The minimum Gasteiger partial charge on any atom is -0.381 e. The Balaban J connectivity index is 1.77. The Morgan fingerprint density at radius 1 is 1.16 bits per heavy atom. The van der Waals surface area contributed by atoms with E-state index in [1.54, 1.807) is 7.11 Å². The molecule has 4 aliphatic carbocycles. The third-order valence-electron chi connectivity index (χ3n) is 8.21. The van der Waals surface area contributed by atoms with Crippen molar-refractivity contribution in [1.82, 2.24) is 0 Å². The quantitative estimate of drug-likeness (QED) is 0.669. The summed E-state index contributed by atoms with van der Waals surface area (Å²) >= 11 is 0. The molecule has 0 amide bonds. The number of methoxy groups -OCH3 is 1. The van der Waals surface area contributed by atoms with Crippen LogP contribution in [-0.4, -0.2) is 24.8 Å². The second-order valence-electron chi connectivity index (χ2n) is 9.11. The molecule has 0 unspecified atom stereocenters. The van der Waals surface area contributed by atoms with Gasteiger partial charge in [0, 0.05) is 25.4 Å². The zero-order chi connectivity index (χ0) is 18.0. The van der Waals surface area contributed by atoms with E-state index in [9.17, 15) is 9.59 Å². The van der Waals surface area contributed by atoms with E-state index >= 15 is 0 Å². The highest BCUT2D eigenvalue weighted by molar-refractivity contribution is 6.00. The SMILES string of the molecule is C/C=C1/CC(=O)[C@H]2[C@@H]3C(=O)C=C4C[C@@H](OC)CC[C@]4(C)[C@H]3CC[C@]12C. The molecule has 3 nitrogen and oxygen atoms in total. The van der Waals surface area contributed by atoms with E-state index in [1.807, 2.05) is 13.0 Å². The van der Waals surface area contributed by atoms with Gasteiger partial charge in [0.15, 0.2) is 5.78 Å². The Kier molecular flexibility index (Phi) is 3.88. The molecule has 0 radical (unpaired) electrons. The second-order valence-corrected chi connectivity index (χ2v) is 9.11. The van der Waals surface area contributed by atoms with Crippen LogP contribution in [0.5, 0.6) is 0 Å². The van der Waals surface area contributed by atoms with E-state index in [4.69, 9.17) is 4.74 Å². The molecule has 0 spiro atoms. The Labute approximate surface area is 150 Å². The van der Waals surface area contributed by atoms with Gasteiger partial charge in [-0.05, 0) is 61.9 Å². The summed E-state index contributed by atoms with van der Waals surface area (Å²) in [6.45, 7) is 6.61. The largest absolute Gasteiger partial charge is 0.381 e. The minimum atomic E-state index is -0.114. The highest BCUT2D eigenvalue weighted by atomic mass is 16.5. The first-order valence-corrected chi connectivity index (χ1v) is 9.81. The normalized spacial score (nSPS) is 48.0. The van der Waals surface area contributed by atoms with E-state index in [2.05, 4.69) is 19.9 Å². The molecular weight excluding hydrogens is 312 g/mol. The monoisotopic (exact) mass is 342 g/mol. The molecule has 0 aromatic carbocycles. The summed E-state index contributed by atoms with van der Waals surface area (Å²) in [5, 5.41) is 0. The van der Waals surface area contributed by atoms with Gasteiger partial charge < -0.3 is 4.74 Å². The van der Waals surface area contributed by atoms with Gasteiger partial charge in [0.05, 0.1) is 6.10 Å². The lowest BCUT2D eigenvalue weighted by Crippen LogP contribution is -2.54. The van der Waals surface area contributed by atoms with Crippen LogP contribution < -0.4 is 0 Å². The summed E-state index contributed by atoms with van der Waals surface area (Å²) in [6.07, 6.45) is 9.90. The van der Waals surface area contributed by atoms with Gasteiger partial charge in [-0.25, -0.2) is 0 Å². The lowest BCUT2D eigenvalue weighted by molar-refractivity contribution is -0.141. The van der Waals surface area contributed by atoms with Crippen LogP contribution in [0.4, 0.5) is 0 Å². The summed E-state index contributed by atoms with van der Waals surface area (Å²) in [7, 11) is 1.77. The predicted molar refractivity (Wildman–Crippen MR) is 97.0 cm³/mol. The number of hydrogen-bond donors (Lipinski definition) is 0. The molecule has 3 fully saturated rings. The smallest absolute Gasteiger partial charge is 0.159 e. The number of Topliss-reactive ketones (excluding diaryl/α,β-unsaturated/α-hetero) is 1. The predicted octanol–water partition coefficient (Wildman–Crippen LogP) is 4.27. The number of rotatable bonds is 1. The van der Waals surface area contributed by atoms with Crippen LogP contribution in [0.15, 0.2) is 23.3 Å². The lowest BCUT2D eigenvalue weighted by Gasteiger charge is -2.56. The molecule has 6 atom stereocenters. The Morgan fingerprint density at radius 2 is 1.88 bits per heavy atom. The topological polar surface area (TPSA) is 43.4 Å². The van der Waals surface area contributed by atoms with Gasteiger partial charge >= 0.3 is 0 Å². The zero-order valence-electron chi connectivity index (χ0n) is 15.9. The van der Waals surface area contributed by atoms with Crippen molar-refractivity contribution >= 4 is 11.6 Å². The third-order valence-corrected chi connectivity index (χ3v) is 8.21. The minimum absolute atomic E-state index is 0.0634. The van der Waals surface area contributed by atoms with E-state index in [1.165, 1.54) is 11.1 Å². The standard InChI is InChI=1S/C22H30O3/c1-5-13-11-18(24)20-19-16(7-9-22(13,20)3)21(2)8-6-15(25-4)10-14(21)12-17(19)23/h5,12,15-16,19-20H,6-11H2,1-4H3/b13-5-/t15-,16-,19-,20-,21-,22+/m0/s1. The molecule has 0 aliphatic heterocycles. The van der Waals surface area contributed by atoms with E-state index in [0.717, 1.165) is 32.1 Å². The van der Waals surface area contributed by atoms with Gasteiger partial charge in [0.25, 0.3) is 0 Å². The Hall–Kier alpha value is -1.22. The van der Waals surface area contributed by atoms with Gasteiger partial charge in [-0.15, -0.1) is 0 Å². The van der Waals surface area contributed by atoms with Crippen molar-refractivity contribution in [3.8, 4) is 0 Å². The molecule has 4 rings (SSSR count). The van der Waals surface area contributed by atoms with Crippen LogP contribution in [0, 0.1) is 28.6 Å². The molecular formula is C22H30O3. The van der Waals surface area contributed by atoms with Crippen molar-refractivity contribution in [3.05, 3.63) is 23.3 Å². The van der Waals surface area contributed by atoms with Gasteiger partial charge in [0.1, 0.15) is 5.78 Å². The molecule has 3 heteroatoms. The molecule has 4 aliphatic rings. The second kappa shape index (κ2) is 5.64. The number of allylic oxidation sites excluding steroid dienone is 3. The molecule has 25 heavy (non-hydrogen) atoms. The average molecular weight is 342 g/mol. The molecule has 136 valence electrons. The number of carbonyl (C=O) groups excluding carboxylic acids is 2. The van der Waals surface area contributed by atoms with Crippen LogP contribution in [0.25, 0.3) is 0 Å². The highest BCUT2D eigenvalue weighted by Gasteiger charge is 2.62. The van der Waals surface area contributed by atoms with Crippen LogP contribution in [0.1, 0.15) is 59.3 Å². The molecule has 3 saturated carbocycles. The third kappa shape index (κ3) is 2.21. The van der Waals surface area contributed by atoms with Gasteiger partial charge in [-0.1, -0.05) is 31.1 Å². The number of carbonyl (C=O) groups is 2. The van der Waals surface area contributed by atoms with Crippen molar-refractivity contribution in [3.63, 3.8) is 0 Å². The van der Waals surface area contributed by atoms with E-state index < -0.39 is 0 Å². The Morgan fingerprint density at radius 3 is 2.56 bits per heavy atom. The van der Waals surface area contributed by atoms with Crippen LogP contribution in [0.3, 0.4) is 0 Å². The summed E-state index contributed by atoms with van der Waals surface area (Å²) < 4.78 is 5.57. The average Bonchev–Trinajstić information content (AvgIpc) is 2.86. The molecule has 0 heterocycles. The van der Waals surface area contributed by atoms with Crippen molar-refractivity contribution in [2.24, 2.45) is 28.6 Å². The fraction of sp³-hybridized carbons (Fsp3) is 0.727. The van der Waals surface area contributed by atoms with E-state index in [0.29, 0.717) is 18.1 Å². The maximum absolute atomic E-state index is 13.2. The zero-order valence-corrected chi connectivity index (χ0v) is 15.9. The van der Waals surface area contributed by atoms with Crippen molar-refractivity contribution in [2.45, 2.75) is 65.4 Å². The van der Waals surface area contributed by atoms with E-state index in [-0.39, 0.29) is 34.6 Å². The Bertz CT molecular complexity index is 687. The summed E-state index contributed by atoms with van der Waals surface area (Å²) in [5.74, 6) is 0.591. The van der Waals surface area contributed by atoms with Gasteiger partial charge in [-0.3, -0.25) is 9.59 Å². The van der Waals surface area contributed by atoms with Crippen molar-refractivity contribution in [2.75, 3.05) is 7.11 Å². The van der Waals surface area contributed by atoms with Crippen LogP contribution in [0.2, 0.25) is 0 Å². The van der Waals surface area contributed by atoms with Crippen molar-refractivity contribution in [1.29, 1.82) is 0 Å². The van der Waals surface area contributed by atoms with Gasteiger partial charge in [-0.2, -0.15) is 0 Å². The number of ketones is 2. The molecule has 0 aromatic rings. The maximum atomic E-state index is 13.2. The van der Waals surface area contributed by atoms with Crippen LogP contribution in [-0.2, 0) is 14.3 Å². The fourth-order valence-corrected chi connectivity index (χ4v) is 6.66. The maximum Gasteiger partial charge on any atom is 0.159 e. The van der Waals surface area contributed by atoms with Gasteiger partial charge in [0.2, 0.25) is 0 Å². The number of ether oxygens (including phenoxy) is 1. The first-order chi connectivity index (χ1) is 11.8. The fourth-order valence-electron chi connectivity index (χ4n) is 6.66. The molecule has 0 aromatic heterocycles. The number of hydrogen-bond acceptors (Lipinski definition) is 3. The molecule has 0 bridgehead atoms. The van der Waals surface area contributed by atoms with Crippen molar-refractivity contribution < 1.29 is 14.3 Å². The summed E-state index contributed by atoms with van der Waals surface area (Å²) in [5.41, 5.74) is 2.50. The summed E-state index contributed by atoms with van der Waals surface area (Å²) in [6, 6.07) is 0. The molecule has 0 saturated heterocycles. The van der Waals surface area contributed by atoms with Crippen LogP contribution >= 0.6 is 0 Å². The first kappa shape index (κ1) is 17.2. The highest BCUT2D eigenvalue weighted by Crippen LogP contribution is 2.64. The first-order valence-electron chi connectivity index (χ1n) is 9.81. The molecule has 0 N–H and O–H groups in total. The lowest BCUT2D eigenvalue weighted by atomic mass is 9.47.